The molecule has 3 atom stereocenters. The van der Waals surface area contributed by atoms with Crippen molar-refractivity contribution in [2.24, 2.45) is 0 Å². The van der Waals surface area contributed by atoms with Crippen LogP contribution in [0.3, 0.4) is 0 Å². The fraction of sp³-hybridized carbons (Fsp3) is 0.731. The van der Waals surface area contributed by atoms with Gasteiger partial charge in [-0.05, 0) is 49.8 Å². The molecule has 1 aromatic rings. The number of amides is 1. The molecule has 1 aromatic carbocycles. The lowest BCUT2D eigenvalue weighted by Gasteiger charge is -2.29. The Bertz CT molecular complexity index is 676. The molecule has 0 unspecified atom stereocenters. The molecular weight excluding hydrogens is 439 g/mol. The van der Waals surface area contributed by atoms with Gasteiger partial charge in [-0.15, -0.1) is 0 Å². The number of β-amino-alcohol motifs (C(OH)–C–C–N with tert-alkyl or cyclic N) is 1. The van der Waals surface area contributed by atoms with Crippen LogP contribution in [-0.2, 0) is 9.53 Å². The van der Waals surface area contributed by atoms with Crippen molar-refractivity contribution in [3.05, 3.63) is 29.8 Å². The van der Waals surface area contributed by atoms with Gasteiger partial charge in [-0.2, -0.15) is 0 Å². The smallest absolute Gasteiger partial charge is 0.220 e. The van der Waals surface area contributed by atoms with Crippen LogP contribution < -0.4 is 10.1 Å². The number of aliphatic hydroxyl groups is 2. The highest BCUT2D eigenvalue weighted by Gasteiger charge is 2.28. The van der Waals surface area contributed by atoms with Crippen LogP contribution in [-0.4, -0.2) is 79.8 Å². The summed E-state index contributed by atoms with van der Waals surface area (Å²) < 4.78 is 22.9. The van der Waals surface area contributed by atoms with Crippen molar-refractivity contribution in [1.82, 2.24) is 10.2 Å². The maximum atomic E-state index is 12.6. The molecule has 0 spiro atoms. The minimum Gasteiger partial charge on any atom is -0.494 e. The number of benzene rings is 1. The molecule has 3 N–H and O–H groups in total. The molecule has 34 heavy (non-hydrogen) atoms. The highest BCUT2D eigenvalue weighted by molar-refractivity contribution is 5.76. The summed E-state index contributed by atoms with van der Waals surface area (Å²) in [4.78, 5) is 14.7. The van der Waals surface area contributed by atoms with Gasteiger partial charge in [-0.1, -0.05) is 31.4 Å². The monoisotopic (exact) mass is 482 g/mol. The maximum Gasteiger partial charge on any atom is 0.220 e. The van der Waals surface area contributed by atoms with Crippen LogP contribution in [0.4, 0.5) is 4.39 Å². The van der Waals surface area contributed by atoms with Gasteiger partial charge in [0.2, 0.25) is 5.91 Å². The topological polar surface area (TPSA) is 91.3 Å². The lowest BCUT2D eigenvalue weighted by atomic mass is 10.0. The molecule has 2 rings (SSSR count). The number of nitrogens with zero attached hydrogens (tertiary/aromatic N) is 1. The summed E-state index contributed by atoms with van der Waals surface area (Å²) in [7, 11) is 1.71. The van der Waals surface area contributed by atoms with Gasteiger partial charge in [0.25, 0.3) is 0 Å². The Morgan fingerprint density at radius 1 is 1.12 bits per heavy atom. The van der Waals surface area contributed by atoms with Crippen molar-refractivity contribution in [3.8, 4) is 5.75 Å². The van der Waals surface area contributed by atoms with E-state index in [-0.39, 0.29) is 18.7 Å². The van der Waals surface area contributed by atoms with E-state index in [9.17, 15) is 19.4 Å². The predicted molar refractivity (Wildman–Crippen MR) is 131 cm³/mol. The Morgan fingerprint density at radius 2 is 1.82 bits per heavy atom. The van der Waals surface area contributed by atoms with Crippen LogP contribution >= 0.6 is 0 Å². The van der Waals surface area contributed by atoms with Crippen LogP contribution in [0, 0.1) is 0 Å². The van der Waals surface area contributed by atoms with E-state index in [4.69, 9.17) is 9.47 Å². The van der Waals surface area contributed by atoms with E-state index in [0.29, 0.717) is 56.7 Å². The summed E-state index contributed by atoms with van der Waals surface area (Å²) in [5, 5.41) is 24.0. The first-order valence-electron chi connectivity index (χ1n) is 12.7. The zero-order valence-corrected chi connectivity index (χ0v) is 20.6. The van der Waals surface area contributed by atoms with Gasteiger partial charge in [-0.3, -0.25) is 14.1 Å². The first-order chi connectivity index (χ1) is 16.5. The van der Waals surface area contributed by atoms with E-state index in [1.54, 1.807) is 31.4 Å². The number of ether oxygens (including phenoxy) is 2. The van der Waals surface area contributed by atoms with Crippen molar-refractivity contribution in [2.75, 3.05) is 46.6 Å². The molecule has 1 saturated heterocycles. The third kappa shape index (κ3) is 11.1. The number of aliphatic hydroxyl groups excluding tert-OH is 2. The summed E-state index contributed by atoms with van der Waals surface area (Å²) in [6, 6.07) is 6.70. The van der Waals surface area contributed by atoms with E-state index in [1.807, 2.05) is 0 Å². The molecule has 0 radical (unpaired) electrons. The number of rotatable bonds is 18. The van der Waals surface area contributed by atoms with Gasteiger partial charge in [0.1, 0.15) is 11.9 Å². The minimum atomic E-state index is -0.878. The van der Waals surface area contributed by atoms with Crippen LogP contribution in [0.2, 0.25) is 0 Å². The van der Waals surface area contributed by atoms with Crippen LogP contribution in [0.25, 0.3) is 0 Å². The van der Waals surface area contributed by atoms with Gasteiger partial charge >= 0.3 is 0 Å². The summed E-state index contributed by atoms with van der Waals surface area (Å²) in [5.74, 6) is 0.608. The molecule has 1 heterocycles. The number of alkyl halides is 1. The van der Waals surface area contributed by atoms with Crippen molar-refractivity contribution in [1.29, 1.82) is 0 Å². The Kier molecular flexibility index (Phi) is 14.1. The molecule has 0 aromatic heterocycles. The average Bonchev–Trinajstić information content (AvgIpc) is 3.25. The van der Waals surface area contributed by atoms with E-state index in [0.717, 1.165) is 45.3 Å². The van der Waals surface area contributed by atoms with Gasteiger partial charge in [0.05, 0.1) is 25.4 Å². The molecule has 1 aliphatic heterocycles. The lowest BCUT2D eigenvalue weighted by Crippen LogP contribution is -2.47. The molecule has 0 bridgehead atoms. The number of carbonyl (C=O) groups excluding carboxylic acids is 1. The second kappa shape index (κ2) is 16.8. The van der Waals surface area contributed by atoms with Crippen LogP contribution in [0.5, 0.6) is 5.75 Å². The molecule has 194 valence electrons. The van der Waals surface area contributed by atoms with Gasteiger partial charge in [0, 0.05) is 39.8 Å². The van der Waals surface area contributed by atoms with Crippen molar-refractivity contribution in [3.63, 3.8) is 0 Å². The van der Waals surface area contributed by atoms with Crippen molar-refractivity contribution < 1.29 is 28.9 Å². The number of unbranched alkanes of at least 4 members (excludes halogenated alkanes) is 5. The summed E-state index contributed by atoms with van der Waals surface area (Å²) >= 11 is 0. The Labute approximate surface area is 203 Å². The van der Waals surface area contributed by atoms with Crippen molar-refractivity contribution >= 4 is 5.91 Å². The van der Waals surface area contributed by atoms with Gasteiger partial charge in [-0.25, -0.2) is 0 Å². The fourth-order valence-electron chi connectivity index (χ4n) is 4.20. The van der Waals surface area contributed by atoms with Gasteiger partial charge in [0.15, 0.2) is 0 Å². The molecular formula is C26H43FN2O5. The van der Waals surface area contributed by atoms with Gasteiger partial charge < -0.3 is 25.0 Å². The van der Waals surface area contributed by atoms with E-state index < -0.39 is 12.1 Å². The third-order valence-electron chi connectivity index (χ3n) is 6.20. The number of likely N-dealkylation sites (tertiary alicyclic amines) is 1. The largest absolute Gasteiger partial charge is 0.494 e. The second-order valence-corrected chi connectivity index (χ2v) is 9.15. The number of hydrogen-bond donors (Lipinski definition) is 3. The molecule has 0 aliphatic carbocycles. The van der Waals surface area contributed by atoms with Crippen molar-refractivity contribution in [2.45, 2.75) is 76.0 Å². The molecule has 0 saturated carbocycles. The average molecular weight is 483 g/mol. The molecule has 1 aliphatic rings. The van der Waals surface area contributed by atoms with Crippen LogP contribution in [0.15, 0.2) is 24.3 Å². The summed E-state index contributed by atoms with van der Waals surface area (Å²) in [6.07, 6.45) is 6.07. The number of carbonyl (C=O) groups is 1. The lowest BCUT2D eigenvalue weighted by molar-refractivity contribution is -0.123. The molecule has 1 amide bonds. The quantitative estimate of drug-likeness (QED) is 0.278. The number of halogens is 1. The Hall–Kier alpha value is -1.74. The fourth-order valence-corrected chi connectivity index (χ4v) is 4.20. The van der Waals surface area contributed by atoms with Crippen LogP contribution in [0.1, 0.15) is 69.5 Å². The number of methoxy groups -OCH3 is 1. The Balaban J connectivity index is 1.88. The number of hydrogen-bond acceptors (Lipinski definition) is 6. The first-order valence-corrected chi connectivity index (χ1v) is 12.7. The SMILES string of the molecule is COCCCCCCCC(=O)N[C@H](CN1CC[C@@H](O)C1)[C@H](O)c1ccc(OCCCCF)cc1. The molecule has 8 heteroatoms. The predicted octanol–water partition coefficient (Wildman–Crippen LogP) is 3.39. The van der Waals surface area contributed by atoms with E-state index in [1.165, 1.54) is 0 Å². The highest BCUT2D eigenvalue weighted by atomic mass is 19.1. The second-order valence-electron chi connectivity index (χ2n) is 9.15. The Morgan fingerprint density at radius 3 is 2.50 bits per heavy atom. The van der Waals surface area contributed by atoms with E-state index >= 15 is 0 Å². The van der Waals surface area contributed by atoms with E-state index in [2.05, 4.69) is 10.2 Å². The first kappa shape index (κ1) is 28.5. The molecule has 1 fully saturated rings. The summed E-state index contributed by atoms with van der Waals surface area (Å²) in [6.45, 7) is 2.65. The highest BCUT2D eigenvalue weighted by Crippen LogP contribution is 2.23. The standard InChI is InChI=1S/C26H43FN2O5/c1-33-17-7-4-2-3-5-9-25(31)28-24(20-29-16-14-22(30)19-29)26(32)21-10-12-23(13-11-21)34-18-8-6-15-27/h10-13,22,24,26,30,32H,2-9,14-20H2,1H3,(H,28,31)/t22-,24-,26-/m1/s1. The third-order valence-corrected chi connectivity index (χ3v) is 6.20. The minimum absolute atomic E-state index is 0.0616. The maximum absolute atomic E-state index is 12.6. The number of nitrogens with one attached hydrogen (secondary N) is 1. The normalized spacial score (nSPS) is 18.1. The molecule has 7 nitrogen and oxygen atoms in total. The zero-order valence-electron chi connectivity index (χ0n) is 20.6. The zero-order chi connectivity index (χ0) is 24.6. The summed E-state index contributed by atoms with van der Waals surface area (Å²) in [5.41, 5.74) is 0.694.